The molecule has 0 heterocycles. The van der Waals surface area contributed by atoms with E-state index in [1.165, 1.54) is 11.6 Å². The van der Waals surface area contributed by atoms with Gasteiger partial charge in [0.05, 0.1) is 18.6 Å². The second-order valence-electron chi connectivity index (χ2n) is 6.37. The Balaban J connectivity index is 1.99. The highest BCUT2D eigenvalue weighted by molar-refractivity contribution is 7.89. The van der Waals surface area contributed by atoms with Crippen molar-refractivity contribution in [3.63, 3.8) is 0 Å². The number of benzene rings is 2. The van der Waals surface area contributed by atoms with E-state index in [0.717, 1.165) is 29.8 Å². The molecule has 28 heavy (non-hydrogen) atoms. The monoisotopic (exact) mass is 404 g/mol. The molecule has 0 aromatic heterocycles. The number of aliphatic imine (C=N–C) groups is 1. The number of guanidine groups is 1. The molecule has 0 amide bonds. The summed E-state index contributed by atoms with van der Waals surface area (Å²) in [5.74, 6) is 1.55. The molecule has 0 aliphatic carbocycles. The van der Waals surface area contributed by atoms with Crippen molar-refractivity contribution in [2.45, 2.75) is 31.7 Å². The van der Waals surface area contributed by atoms with E-state index in [2.05, 4.69) is 21.7 Å². The van der Waals surface area contributed by atoms with E-state index in [1.807, 2.05) is 32.0 Å². The number of nitrogens with one attached hydrogen (secondary N) is 2. The summed E-state index contributed by atoms with van der Waals surface area (Å²) < 4.78 is 28.3. The van der Waals surface area contributed by atoms with E-state index < -0.39 is 10.0 Å². The molecule has 0 saturated carbocycles. The van der Waals surface area contributed by atoms with Crippen molar-refractivity contribution < 1.29 is 13.2 Å². The van der Waals surface area contributed by atoms with Crippen LogP contribution in [-0.4, -0.2) is 34.6 Å². The first-order chi connectivity index (χ1) is 13.3. The number of nitrogens with two attached hydrogens (primary N) is 1. The van der Waals surface area contributed by atoms with Crippen molar-refractivity contribution >= 4 is 16.0 Å². The van der Waals surface area contributed by atoms with E-state index in [4.69, 9.17) is 9.88 Å². The van der Waals surface area contributed by atoms with Gasteiger partial charge in [-0.1, -0.05) is 24.3 Å². The summed E-state index contributed by atoms with van der Waals surface area (Å²) in [5, 5.41) is 11.7. The lowest BCUT2D eigenvalue weighted by atomic mass is 10.1. The number of sulfonamides is 1. The average Bonchev–Trinajstić information content (AvgIpc) is 2.67. The van der Waals surface area contributed by atoms with Crippen LogP contribution < -0.4 is 20.5 Å². The Morgan fingerprint density at radius 2 is 1.93 bits per heavy atom. The number of aryl methyl sites for hydroxylation is 1. The number of ether oxygens (including phenoxy) is 1. The molecule has 0 aliphatic rings. The van der Waals surface area contributed by atoms with Gasteiger partial charge in [-0.25, -0.2) is 18.5 Å². The Hall–Kier alpha value is -2.58. The van der Waals surface area contributed by atoms with Gasteiger partial charge in [-0.2, -0.15) is 0 Å². The topological polar surface area (TPSA) is 106 Å². The van der Waals surface area contributed by atoms with Crippen molar-refractivity contribution in [2.24, 2.45) is 10.1 Å². The molecule has 2 aromatic carbocycles. The van der Waals surface area contributed by atoms with Crippen molar-refractivity contribution in [1.82, 2.24) is 10.6 Å². The van der Waals surface area contributed by atoms with Crippen LogP contribution >= 0.6 is 0 Å². The number of rotatable bonds is 8. The highest BCUT2D eigenvalue weighted by Gasteiger charge is 2.08. The number of methoxy groups -OCH3 is 1. The maximum atomic E-state index is 11.5. The zero-order chi connectivity index (χ0) is 20.6. The third-order valence-electron chi connectivity index (χ3n) is 4.17. The molecule has 152 valence electrons. The van der Waals surface area contributed by atoms with Crippen LogP contribution in [-0.2, 0) is 23.0 Å². The first-order valence-electron chi connectivity index (χ1n) is 9.11. The smallest absolute Gasteiger partial charge is 0.238 e. The summed E-state index contributed by atoms with van der Waals surface area (Å²) in [6.45, 7) is 5.78. The van der Waals surface area contributed by atoms with Crippen LogP contribution in [0.5, 0.6) is 5.75 Å². The standard InChI is InChI=1S/C20H28N4O3S/c1-4-22-20(23-11-10-16-9-8-15(2)19(13-16)27-3)24-14-17-6-5-7-18(12-17)28(21,25)26/h5-9,12-13H,4,10-11,14H2,1-3H3,(H2,21,25,26)(H2,22,23,24). The molecular weight excluding hydrogens is 376 g/mol. The summed E-state index contributed by atoms with van der Waals surface area (Å²) in [4.78, 5) is 4.61. The molecule has 0 spiro atoms. The molecule has 0 fully saturated rings. The fourth-order valence-electron chi connectivity index (χ4n) is 2.68. The minimum Gasteiger partial charge on any atom is -0.496 e. The maximum absolute atomic E-state index is 11.5. The van der Waals surface area contributed by atoms with Crippen molar-refractivity contribution in [2.75, 3.05) is 20.2 Å². The summed E-state index contributed by atoms with van der Waals surface area (Å²) in [6.07, 6.45) is 0.821. The lowest BCUT2D eigenvalue weighted by Gasteiger charge is -2.12. The Morgan fingerprint density at radius 3 is 2.61 bits per heavy atom. The molecular formula is C20H28N4O3S. The van der Waals surface area contributed by atoms with Gasteiger partial charge in [0.1, 0.15) is 5.75 Å². The zero-order valence-corrected chi connectivity index (χ0v) is 17.3. The predicted molar refractivity (Wildman–Crippen MR) is 112 cm³/mol. The normalized spacial score (nSPS) is 11.9. The Bertz CT molecular complexity index is 927. The summed E-state index contributed by atoms with van der Waals surface area (Å²) in [7, 11) is -2.05. The molecule has 0 bridgehead atoms. The molecule has 0 saturated heterocycles. The highest BCUT2D eigenvalue weighted by atomic mass is 32.2. The molecule has 0 unspecified atom stereocenters. The minimum absolute atomic E-state index is 0.0893. The van der Waals surface area contributed by atoms with Gasteiger partial charge in [-0.15, -0.1) is 0 Å². The summed E-state index contributed by atoms with van der Waals surface area (Å²) in [6, 6.07) is 12.7. The third kappa shape index (κ3) is 6.54. The molecule has 2 aromatic rings. The second-order valence-corrected chi connectivity index (χ2v) is 7.93. The van der Waals surface area contributed by atoms with E-state index in [1.54, 1.807) is 19.2 Å². The van der Waals surface area contributed by atoms with Crippen LogP contribution in [0.15, 0.2) is 52.4 Å². The molecule has 2 rings (SSSR count). The van der Waals surface area contributed by atoms with Gasteiger partial charge < -0.3 is 15.4 Å². The molecule has 0 atom stereocenters. The van der Waals surface area contributed by atoms with Crippen LogP contribution in [0, 0.1) is 6.92 Å². The third-order valence-corrected chi connectivity index (χ3v) is 5.08. The number of hydrogen-bond donors (Lipinski definition) is 3. The van der Waals surface area contributed by atoms with Crippen molar-refractivity contribution in [3.05, 3.63) is 59.2 Å². The average molecular weight is 405 g/mol. The van der Waals surface area contributed by atoms with Crippen LogP contribution in [0.1, 0.15) is 23.6 Å². The van der Waals surface area contributed by atoms with E-state index in [-0.39, 0.29) is 4.90 Å². The summed E-state index contributed by atoms with van der Waals surface area (Å²) >= 11 is 0. The van der Waals surface area contributed by atoms with E-state index in [9.17, 15) is 8.42 Å². The molecule has 0 aliphatic heterocycles. The Labute approximate surface area is 167 Å². The lowest BCUT2D eigenvalue weighted by molar-refractivity contribution is 0.411. The van der Waals surface area contributed by atoms with Gasteiger partial charge in [0.25, 0.3) is 0 Å². The van der Waals surface area contributed by atoms with Crippen molar-refractivity contribution in [3.8, 4) is 5.75 Å². The zero-order valence-electron chi connectivity index (χ0n) is 16.5. The van der Waals surface area contributed by atoms with Gasteiger partial charge in [-0.3, -0.25) is 0 Å². The lowest BCUT2D eigenvalue weighted by Crippen LogP contribution is -2.38. The first-order valence-corrected chi connectivity index (χ1v) is 10.7. The molecule has 0 radical (unpaired) electrons. The van der Waals surface area contributed by atoms with Gasteiger partial charge in [0.15, 0.2) is 5.96 Å². The Kier molecular flexibility index (Phi) is 7.83. The van der Waals surface area contributed by atoms with Crippen LogP contribution in [0.3, 0.4) is 0 Å². The molecule has 8 heteroatoms. The van der Waals surface area contributed by atoms with Crippen molar-refractivity contribution in [1.29, 1.82) is 0 Å². The minimum atomic E-state index is -3.72. The van der Waals surface area contributed by atoms with E-state index in [0.29, 0.717) is 19.0 Å². The van der Waals surface area contributed by atoms with Crippen LogP contribution in [0.25, 0.3) is 0 Å². The second kappa shape index (κ2) is 10.1. The highest BCUT2D eigenvalue weighted by Crippen LogP contribution is 2.19. The Morgan fingerprint density at radius 1 is 1.14 bits per heavy atom. The molecule has 4 N–H and O–H groups in total. The fourth-order valence-corrected chi connectivity index (χ4v) is 3.26. The predicted octanol–water partition coefficient (Wildman–Crippen LogP) is 1.95. The maximum Gasteiger partial charge on any atom is 0.238 e. The van der Waals surface area contributed by atoms with E-state index >= 15 is 0 Å². The largest absolute Gasteiger partial charge is 0.496 e. The SMILES string of the molecule is CCNC(=NCc1cccc(S(N)(=O)=O)c1)NCCc1ccc(C)c(OC)c1. The number of nitrogens with zero attached hydrogens (tertiary/aromatic N) is 1. The van der Waals surface area contributed by atoms with Gasteiger partial charge in [0, 0.05) is 13.1 Å². The fraction of sp³-hybridized carbons (Fsp3) is 0.350. The number of hydrogen-bond acceptors (Lipinski definition) is 4. The molecule has 7 nitrogen and oxygen atoms in total. The summed E-state index contributed by atoms with van der Waals surface area (Å²) in [5.41, 5.74) is 3.05. The van der Waals surface area contributed by atoms with Gasteiger partial charge in [0.2, 0.25) is 10.0 Å². The van der Waals surface area contributed by atoms with Gasteiger partial charge >= 0.3 is 0 Å². The van der Waals surface area contributed by atoms with Crippen LogP contribution in [0.2, 0.25) is 0 Å². The quantitative estimate of drug-likeness (QED) is 0.461. The first kappa shape index (κ1) is 21.7. The van der Waals surface area contributed by atoms with Crippen LogP contribution in [0.4, 0.5) is 0 Å². The van der Waals surface area contributed by atoms with Gasteiger partial charge in [-0.05, 0) is 55.2 Å². The number of primary sulfonamides is 1.